The largest absolute Gasteiger partial charge is 0.495 e. The third-order valence-corrected chi connectivity index (χ3v) is 5.25. The number of ether oxygens (including phenoxy) is 3. The molecular weight excluding hydrogens is 415 g/mol. The Morgan fingerprint density at radius 3 is 2.37 bits per heavy atom. The molecule has 7 nitrogen and oxygen atoms in total. The molecule has 3 aromatic rings. The molecule has 0 unspecified atom stereocenters. The van der Waals surface area contributed by atoms with Gasteiger partial charge in [0.25, 0.3) is 9.05 Å². The summed E-state index contributed by atoms with van der Waals surface area (Å²) in [6, 6.07) is 9.72. The van der Waals surface area contributed by atoms with Gasteiger partial charge in [0, 0.05) is 16.7 Å². The highest BCUT2D eigenvalue weighted by atomic mass is 35.7. The van der Waals surface area contributed by atoms with E-state index in [9.17, 15) is 8.42 Å². The number of hydrogen-bond acceptors (Lipinski definition) is 6. The van der Waals surface area contributed by atoms with Crippen LogP contribution in [0.4, 0.5) is 0 Å². The highest BCUT2D eigenvalue weighted by Gasteiger charge is 2.22. The van der Waals surface area contributed by atoms with E-state index in [1.807, 2.05) is 0 Å². The fourth-order valence-corrected chi connectivity index (χ4v) is 3.54. The zero-order chi connectivity index (χ0) is 19.6. The van der Waals surface area contributed by atoms with Crippen LogP contribution in [0, 0.1) is 0 Å². The summed E-state index contributed by atoms with van der Waals surface area (Å²) in [6.45, 7) is 0. The molecule has 0 amide bonds. The standard InChI is InChI=1S/C17H14Cl2N2O5S/c1-24-15-8-16(25-2)17(27(19,22)23)7-13(15)21-10-11(9-20-21)26-14-6-4-3-5-12(14)18/h3-10H,1-2H3. The van der Waals surface area contributed by atoms with Gasteiger partial charge in [-0.2, -0.15) is 5.10 Å². The van der Waals surface area contributed by atoms with Gasteiger partial charge in [-0.25, -0.2) is 13.1 Å². The SMILES string of the molecule is COc1cc(OC)c(S(=O)(=O)Cl)cc1-n1cc(Oc2ccccc2Cl)cn1. The second-order valence-corrected chi connectivity index (χ2v) is 8.21. The molecule has 0 N–H and O–H groups in total. The lowest BCUT2D eigenvalue weighted by Crippen LogP contribution is -2.03. The van der Waals surface area contributed by atoms with E-state index in [0.717, 1.165) is 0 Å². The van der Waals surface area contributed by atoms with Crippen molar-refractivity contribution in [3.05, 3.63) is 53.8 Å². The van der Waals surface area contributed by atoms with Gasteiger partial charge in [-0.3, -0.25) is 0 Å². The number of benzene rings is 2. The first kappa shape index (κ1) is 19.3. The Balaban J connectivity index is 2.04. The number of methoxy groups -OCH3 is 2. The lowest BCUT2D eigenvalue weighted by atomic mass is 10.2. The molecule has 3 rings (SSSR count). The third kappa shape index (κ3) is 4.13. The lowest BCUT2D eigenvalue weighted by molar-refractivity contribution is 0.385. The molecule has 0 spiro atoms. The van der Waals surface area contributed by atoms with Crippen LogP contribution in [0.1, 0.15) is 0 Å². The molecule has 0 bridgehead atoms. The van der Waals surface area contributed by atoms with Gasteiger partial charge >= 0.3 is 0 Å². The van der Waals surface area contributed by atoms with Crippen LogP contribution in [0.25, 0.3) is 5.69 Å². The van der Waals surface area contributed by atoms with E-state index >= 15 is 0 Å². The molecule has 2 aromatic carbocycles. The molecule has 10 heteroatoms. The van der Waals surface area contributed by atoms with E-state index in [1.54, 1.807) is 30.5 Å². The number of nitrogens with zero attached hydrogens (tertiary/aromatic N) is 2. The van der Waals surface area contributed by atoms with Gasteiger partial charge in [-0.15, -0.1) is 0 Å². The van der Waals surface area contributed by atoms with Crippen LogP contribution in [0.2, 0.25) is 5.02 Å². The molecule has 27 heavy (non-hydrogen) atoms. The zero-order valence-electron chi connectivity index (χ0n) is 14.2. The van der Waals surface area contributed by atoms with E-state index in [1.165, 1.54) is 37.2 Å². The van der Waals surface area contributed by atoms with Gasteiger partial charge in [0.2, 0.25) is 0 Å². The average molecular weight is 429 g/mol. The van der Waals surface area contributed by atoms with Crippen molar-refractivity contribution in [3.63, 3.8) is 0 Å². The fraction of sp³-hybridized carbons (Fsp3) is 0.118. The number of hydrogen-bond donors (Lipinski definition) is 0. The van der Waals surface area contributed by atoms with Crippen molar-refractivity contribution in [1.29, 1.82) is 0 Å². The van der Waals surface area contributed by atoms with Crippen LogP contribution >= 0.6 is 22.3 Å². The summed E-state index contributed by atoms with van der Waals surface area (Å²) in [4.78, 5) is -0.202. The summed E-state index contributed by atoms with van der Waals surface area (Å²) in [6.07, 6.45) is 3.01. The van der Waals surface area contributed by atoms with Crippen molar-refractivity contribution in [2.24, 2.45) is 0 Å². The van der Waals surface area contributed by atoms with Crippen LogP contribution in [-0.4, -0.2) is 32.4 Å². The van der Waals surface area contributed by atoms with Crippen LogP contribution in [-0.2, 0) is 9.05 Å². The van der Waals surface area contributed by atoms with E-state index in [2.05, 4.69) is 5.10 Å². The molecule has 0 aliphatic carbocycles. The summed E-state index contributed by atoms with van der Waals surface area (Å²) in [7, 11) is 4.24. The number of rotatable bonds is 6. The van der Waals surface area contributed by atoms with Crippen LogP contribution < -0.4 is 14.2 Å². The van der Waals surface area contributed by atoms with Crippen LogP contribution in [0.5, 0.6) is 23.0 Å². The van der Waals surface area contributed by atoms with Gasteiger partial charge < -0.3 is 14.2 Å². The normalized spacial score (nSPS) is 11.3. The first-order valence-corrected chi connectivity index (χ1v) is 10.2. The van der Waals surface area contributed by atoms with Crippen LogP contribution in [0.3, 0.4) is 0 Å². The number of aromatic nitrogens is 2. The van der Waals surface area contributed by atoms with E-state index < -0.39 is 9.05 Å². The predicted molar refractivity (Wildman–Crippen MR) is 101 cm³/mol. The topological polar surface area (TPSA) is 79.7 Å². The second-order valence-electron chi connectivity index (χ2n) is 5.27. The average Bonchev–Trinajstić information content (AvgIpc) is 3.10. The van der Waals surface area contributed by atoms with Gasteiger partial charge in [-0.05, 0) is 18.2 Å². The smallest absolute Gasteiger partial charge is 0.265 e. The maximum absolute atomic E-state index is 11.9. The van der Waals surface area contributed by atoms with Gasteiger partial charge in [0.1, 0.15) is 27.8 Å². The minimum atomic E-state index is -4.05. The summed E-state index contributed by atoms with van der Waals surface area (Å²) in [5.41, 5.74) is 0.339. The van der Waals surface area contributed by atoms with Crippen molar-refractivity contribution in [2.45, 2.75) is 4.90 Å². The molecule has 0 aliphatic rings. The van der Waals surface area contributed by atoms with Crippen molar-refractivity contribution in [2.75, 3.05) is 14.2 Å². The van der Waals surface area contributed by atoms with E-state index in [0.29, 0.717) is 28.0 Å². The molecule has 1 heterocycles. The molecule has 1 aromatic heterocycles. The molecule has 0 fully saturated rings. The van der Waals surface area contributed by atoms with E-state index in [-0.39, 0.29) is 10.6 Å². The first-order chi connectivity index (χ1) is 12.8. The molecule has 142 valence electrons. The maximum Gasteiger partial charge on any atom is 0.265 e. The highest BCUT2D eigenvalue weighted by molar-refractivity contribution is 8.13. The minimum Gasteiger partial charge on any atom is -0.495 e. The number of halogens is 2. The highest BCUT2D eigenvalue weighted by Crippen LogP contribution is 2.36. The maximum atomic E-state index is 11.9. The molecule has 0 saturated heterocycles. The third-order valence-electron chi connectivity index (χ3n) is 3.60. The molecule has 0 atom stereocenters. The molecular formula is C17H14Cl2N2O5S. The Hall–Kier alpha value is -2.42. The predicted octanol–water partition coefficient (Wildman–Crippen LogP) is 4.26. The van der Waals surface area contributed by atoms with Gasteiger partial charge in [-0.1, -0.05) is 23.7 Å². The summed E-state index contributed by atoms with van der Waals surface area (Å²) >= 11 is 6.08. The Labute approximate surface area is 165 Å². The Bertz CT molecular complexity index is 1080. The fourth-order valence-electron chi connectivity index (χ4n) is 2.37. The first-order valence-electron chi connectivity index (χ1n) is 7.51. The molecule has 0 saturated carbocycles. The molecule has 0 radical (unpaired) electrons. The lowest BCUT2D eigenvalue weighted by Gasteiger charge is -2.13. The van der Waals surface area contributed by atoms with Crippen molar-refractivity contribution in [1.82, 2.24) is 9.78 Å². The number of para-hydroxylation sites is 1. The zero-order valence-corrected chi connectivity index (χ0v) is 16.5. The Morgan fingerprint density at radius 2 is 1.74 bits per heavy atom. The van der Waals surface area contributed by atoms with Crippen molar-refractivity contribution in [3.8, 4) is 28.7 Å². The summed E-state index contributed by atoms with van der Waals surface area (Å²) < 4.78 is 41.2. The quantitative estimate of drug-likeness (QED) is 0.545. The summed E-state index contributed by atoms with van der Waals surface area (Å²) in [5, 5.41) is 4.64. The van der Waals surface area contributed by atoms with E-state index in [4.69, 9.17) is 36.5 Å². The van der Waals surface area contributed by atoms with Crippen LogP contribution in [0.15, 0.2) is 53.7 Å². The summed E-state index contributed by atoms with van der Waals surface area (Å²) in [5.74, 6) is 1.26. The van der Waals surface area contributed by atoms with Gasteiger partial charge in [0.15, 0.2) is 5.75 Å². The van der Waals surface area contributed by atoms with Crippen molar-refractivity contribution < 1.29 is 22.6 Å². The second kappa shape index (κ2) is 7.67. The monoisotopic (exact) mass is 428 g/mol. The van der Waals surface area contributed by atoms with Crippen molar-refractivity contribution >= 4 is 31.3 Å². The molecule has 0 aliphatic heterocycles. The Morgan fingerprint density at radius 1 is 1.04 bits per heavy atom. The van der Waals surface area contributed by atoms with Gasteiger partial charge in [0.05, 0.1) is 31.6 Å². The Kier molecular flexibility index (Phi) is 5.50. The minimum absolute atomic E-state index is 0.0605.